The van der Waals surface area contributed by atoms with E-state index in [0.29, 0.717) is 25.5 Å². The molecule has 1 aromatic carbocycles. The number of likely N-dealkylation sites (N-methyl/N-ethyl adjacent to an activating group) is 1. The normalized spacial score (nSPS) is 16.5. The topological polar surface area (TPSA) is 67.3 Å². The summed E-state index contributed by atoms with van der Waals surface area (Å²) in [5, 5.41) is 2.82. The zero-order valence-electron chi connectivity index (χ0n) is 13.1. The van der Waals surface area contributed by atoms with E-state index >= 15 is 0 Å². The first-order chi connectivity index (χ1) is 11.2. The Morgan fingerprint density at radius 2 is 2.09 bits per heavy atom. The molecule has 6 nitrogen and oxygen atoms in total. The number of nitrogens with one attached hydrogen (secondary N) is 1. The maximum Gasteiger partial charge on any atom is 0.317 e. The fourth-order valence-electron chi connectivity index (χ4n) is 2.67. The molecule has 0 radical (unpaired) electrons. The van der Waals surface area contributed by atoms with Crippen LogP contribution in [-0.2, 0) is 17.7 Å². The first-order valence-corrected chi connectivity index (χ1v) is 7.68. The molecule has 0 saturated heterocycles. The second-order valence-corrected chi connectivity index (χ2v) is 5.51. The van der Waals surface area contributed by atoms with Crippen molar-refractivity contribution in [3.8, 4) is 0 Å². The van der Waals surface area contributed by atoms with Gasteiger partial charge < -0.3 is 15.0 Å². The van der Waals surface area contributed by atoms with Crippen LogP contribution in [0.15, 0.2) is 42.7 Å². The van der Waals surface area contributed by atoms with Gasteiger partial charge in [0.05, 0.1) is 19.7 Å². The molecule has 1 unspecified atom stereocenters. The first kappa shape index (κ1) is 15.4. The number of nitrogens with zero attached hydrogens (tertiary/aromatic N) is 3. The SMILES string of the molecule is CN(CC1OCCc2ccccc21)C(=O)NCc1ncccn1. The lowest BCUT2D eigenvalue weighted by Crippen LogP contribution is -2.40. The highest BCUT2D eigenvalue weighted by molar-refractivity contribution is 5.73. The van der Waals surface area contributed by atoms with Gasteiger partial charge in [-0.3, -0.25) is 0 Å². The largest absolute Gasteiger partial charge is 0.371 e. The number of rotatable bonds is 4. The Kier molecular flexibility index (Phi) is 4.83. The molecule has 1 aliphatic heterocycles. The third-order valence-electron chi connectivity index (χ3n) is 3.90. The van der Waals surface area contributed by atoms with Gasteiger partial charge in [-0.1, -0.05) is 24.3 Å². The standard InChI is InChI=1S/C17H20N4O2/c1-21(17(22)20-11-16-18-8-4-9-19-16)12-15-14-6-3-2-5-13(14)7-10-23-15/h2-6,8-9,15H,7,10-12H2,1H3,(H,20,22). The van der Waals surface area contributed by atoms with Crippen LogP contribution in [0.25, 0.3) is 0 Å². The minimum absolute atomic E-state index is 0.0799. The molecule has 0 aliphatic carbocycles. The van der Waals surface area contributed by atoms with Crippen LogP contribution in [0.1, 0.15) is 23.1 Å². The van der Waals surface area contributed by atoms with Crippen LogP contribution in [-0.4, -0.2) is 41.1 Å². The molecular formula is C17H20N4O2. The molecule has 0 bridgehead atoms. The summed E-state index contributed by atoms with van der Waals surface area (Å²) in [5.74, 6) is 0.591. The van der Waals surface area contributed by atoms with Gasteiger partial charge in [-0.05, 0) is 23.6 Å². The summed E-state index contributed by atoms with van der Waals surface area (Å²) in [6.45, 7) is 1.51. The van der Waals surface area contributed by atoms with Crippen molar-refractivity contribution in [1.29, 1.82) is 0 Å². The molecule has 2 aromatic rings. The minimum Gasteiger partial charge on any atom is -0.371 e. The van der Waals surface area contributed by atoms with Crippen LogP contribution < -0.4 is 5.32 Å². The van der Waals surface area contributed by atoms with Crippen LogP contribution in [0.3, 0.4) is 0 Å². The summed E-state index contributed by atoms with van der Waals surface area (Å²) >= 11 is 0. The van der Waals surface area contributed by atoms with E-state index in [1.165, 1.54) is 11.1 Å². The predicted molar refractivity (Wildman–Crippen MR) is 85.7 cm³/mol. The van der Waals surface area contributed by atoms with Crippen molar-refractivity contribution in [1.82, 2.24) is 20.2 Å². The maximum atomic E-state index is 12.2. The van der Waals surface area contributed by atoms with Crippen molar-refractivity contribution < 1.29 is 9.53 Å². The van der Waals surface area contributed by atoms with Gasteiger partial charge in [-0.25, -0.2) is 14.8 Å². The first-order valence-electron chi connectivity index (χ1n) is 7.68. The number of urea groups is 1. The molecule has 1 aliphatic rings. The average Bonchev–Trinajstić information content (AvgIpc) is 2.61. The number of aromatic nitrogens is 2. The number of hydrogen-bond acceptors (Lipinski definition) is 4. The molecule has 2 heterocycles. The van der Waals surface area contributed by atoms with E-state index in [4.69, 9.17) is 4.74 Å². The van der Waals surface area contributed by atoms with Crippen LogP contribution >= 0.6 is 0 Å². The van der Waals surface area contributed by atoms with Crippen molar-refractivity contribution in [3.05, 3.63) is 59.7 Å². The molecule has 1 atom stereocenters. The van der Waals surface area contributed by atoms with Gasteiger partial charge in [0.1, 0.15) is 11.9 Å². The van der Waals surface area contributed by atoms with Gasteiger partial charge in [0.2, 0.25) is 0 Å². The number of carbonyl (C=O) groups excluding carboxylic acids is 1. The van der Waals surface area contributed by atoms with E-state index in [9.17, 15) is 4.79 Å². The van der Waals surface area contributed by atoms with Crippen molar-refractivity contribution in [3.63, 3.8) is 0 Å². The van der Waals surface area contributed by atoms with Crippen molar-refractivity contribution >= 4 is 6.03 Å². The Morgan fingerprint density at radius 3 is 2.91 bits per heavy atom. The molecule has 0 saturated carbocycles. The number of amides is 2. The number of fused-ring (bicyclic) bond motifs is 1. The quantitative estimate of drug-likeness (QED) is 0.937. The molecule has 23 heavy (non-hydrogen) atoms. The summed E-state index contributed by atoms with van der Waals surface area (Å²) in [5.41, 5.74) is 2.47. The highest BCUT2D eigenvalue weighted by atomic mass is 16.5. The third kappa shape index (κ3) is 3.84. The van der Waals surface area contributed by atoms with E-state index in [0.717, 1.165) is 6.42 Å². The summed E-state index contributed by atoms with van der Waals surface area (Å²) in [4.78, 5) is 22.0. The molecule has 0 fully saturated rings. The third-order valence-corrected chi connectivity index (χ3v) is 3.90. The molecule has 0 spiro atoms. The second kappa shape index (κ2) is 7.19. The maximum absolute atomic E-state index is 12.2. The van der Waals surface area contributed by atoms with Gasteiger partial charge >= 0.3 is 6.03 Å². The van der Waals surface area contributed by atoms with Crippen molar-refractivity contribution in [2.75, 3.05) is 20.2 Å². The molecule has 6 heteroatoms. The van der Waals surface area contributed by atoms with E-state index in [2.05, 4.69) is 27.4 Å². The fourth-order valence-corrected chi connectivity index (χ4v) is 2.67. The van der Waals surface area contributed by atoms with E-state index < -0.39 is 0 Å². The molecular weight excluding hydrogens is 292 g/mol. The number of ether oxygens (including phenoxy) is 1. The Morgan fingerprint density at radius 1 is 1.30 bits per heavy atom. The van der Waals surface area contributed by atoms with E-state index in [-0.39, 0.29) is 12.1 Å². The fraction of sp³-hybridized carbons (Fsp3) is 0.353. The lowest BCUT2D eigenvalue weighted by Gasteiger charge is -2.29. The highest BCUT2D eigenvalue weighted by Crippen LogP contribution is 2.27. The number of carbonyl (C=O) groups is 1. The molecule has 1 N–H and O–H groups in total. The van der Waals surface area contributed by atoms with Gasteiger partial charge in [0, 0.05) is 19.4 Å². The van der Waals surface area contributed by atoms with Gasteiger partial charge in [-0.15, -0.1) is 0 Å². The minimum atomic E-state index is -0.163. The van der Waals surface area contributed by atoms with Gasteiger partial charge in [0.15, 0.2) is 0 Å². The van der Waals surface area contributed by atoms with E-state index in [1.54, 1.807) is 30.4 Å². The zero-order valence-corrected chi connectivity index (χ0v) is 13.1. The Balaban J connectivity index is 1.57. The van der Waals surface area contributed by atoms with Crippen molar-refractivity contribution in [2.24, 2.45) is 0 Å². The highest BCUT2D eigenvalue weighted by Gasteiger charge is 2.23. The average molecular weight is 312 g/mol. The second-order valence-electron chi connectivity index (χ2n) is 5.51. The number of benzene rings is 1. The number of hydrogen-bond donors (Lipinski definition) is 1. The Hall–Kier alpha value is -2.47. The molecule has 3 rings (SSSR count). The summed E-state index contributed by atoms with van der Waals surface area (Å²) in [6.07, 6.45) is 4.16. The Labute approximate surface area is 135 Å². The molecule has 1 aromatic heterocycles. The van der Waals surface area contributed by atoms with Crippen LogP contribution in [0, 0.1) is 0 Å². The summed E-state index contributed by atoms with van der Waals surface area (Å²) in [7, 11) is 1.77. The molecule has 120 valence electrons. The zero-order chi connectivity index (χ0) is 16.1. The van der Waals surface area contributed by atoms with Crippen LogP contribution in [0.5, 0.6) is 0 Å². The predicted octanol–water partition coefficient (Wildman–Crippen LogP) is 1.93. The molecule has 2 amide bonds. The van der Waals surface area contributed by atoms with Crippen molar-refractivity contribution in [2.45, 2.75) is 19.1 Å². The van der Waals surface area contributed by atoms with Gasteiger partial charge in [-0.2, -0.15) is 0 Å². The summed E-state index contributed by atoms with van der Waals surface area (Å²) < 4.78 is 5.84. The lowest BCUT2D eigenvalue weighted by atomic mass is 9.97. The monoisotopic (exact) mass is 312 g/mol. The van der Waals surface area contributed by atoms with Crippen LogP contribution in [0.2, 0.25) is 0 Å². The van der Waals surface area contributed by atoms with E-state index in [1.807, 2.05) is 12.1 Å². The Bertz CT molecular complexity index is 663. The van der Waals surface area contributed by atoms with Crippen LogP contribution in [0.4, 0.5) is 4.79 Å². The summed E-state index contributed by atoms with van der Waals surface area (Å²) in [6, 6.07) is 9.82. The smallest absolute Gasteiger partial charge is 0.317 e. The van der Waals surface area contributed by atoms with Gasteiger partial charge in [0.25, 0.3) is 0 Å². The lowest BCUT2D eigenvalue weighted by molar-refractivity contribution is 0.0270.